The van der Waals surface area contributed by atoms with E-state index in [2.05, 4.69) is 27.2 Å². The highest BCUT2D eigenvalue weighted by Gasteiger charge is 2.14. The second-order valence-corrected chi connectivity index (χ2v) is 5.46. The van der Waals surface area contributed by atoms with Crippen LogP contribution in [-0.4, -0.2) is 5.16 Å². The van der Waals surface area contributed by atoms with Crippen molar-refractivity contribution in [3.8, 4) is 10.6 Å². The van der Waals surface area contributed by atoms with E-state index in [1.807, 2.05) is 13.8 Å². The summed E-state index contributed by atoms with van der Waals surface area (Å²) < 4.78 is 6.04. The van der Waals surface area contributed by atoms with Crippen LogP contribution in [-0.2, 0) is 0 Å². The number of thiophene rings is 1. The van der Waals surface area contributed by atoms with E-state index in [4.69, 9.17) is 10.3 Å². The second kappa shape index (κ2) is 3.40. The topological polar surface area (TPSA) is 52.0 Å². The first-order valence-electron chi connectivity index (χ1n) is 4.07. The molecule has 2 aromatic heterocycles. The monoisotopic (exact) mass is 272 g/mol. The molecule has 2 N–H and O–H groups in total. The number of rotatable bonds is 1. The number of hydrogen-bond donors (Lipinski definition) is 1. The van der Waals surface area contributed by atoms with Gasteiger partial charge in [0.2, 0.25) is 5.88 Å². The summed E-state index contributed by atoms with van der Waals surface area (Å²) in [7, 11) is 0. The highest BCUT2D eigenvalue weighted by Crippen LogP contribution is 2.36. The Hall–Kier alpha value is -0.810. The van der Waals surface area contributed by atoms with Gasteiger partial charge in [-0.25, -0.2) is 0 Å². The fourth-order valence-corrected chi connectivity index (χ4v) is 2.73. The lowest BCUT2D eigenvalue weighted by atomic mass is 10.2. The Morgan fingerprint density at radius 2 is 2.21 bits per heavy atom. The molecule has 0 aliphatic carbocycles. The molecule has 14 heavy (non-hydrogen) atoms. The van der Waals surface area contributed by atoms with Gasteiger partial charge in [-0.1, -0.05) is 5.16 Å². The number of aromatic nitrogens is 1. The van der Waals surface area contributed by atoms with Crippen molar-refractivity contribution in [2.24, 2.45) is 0 Å². The van der Waals surface area contributed by atoms with Gasteiger partial charge in [0.1, 0.15) is 5.69 Å². The molecule has 0 aromatic carbocycles. The van der Waals surface area contributed by atoms with Crippen LogP contribution in [0.5, 0.6) is 0 Å². The molecule has 0 bridgehead atoms. The van der Waals surface area contributed by atoms with Gasteiger partial charge in [0.15, 0.2) is 0 Å². The third-order valence-electron chi connectivity index (χ3n) is 2.05. The summed E-state index contributed by atoms with van der Waals surface area (Å²) in [5.41, 5.74) is 8.52. The maximum absolute atomic E-state index is 5.59. The van der Waals surface area contributed by atoms with Crippen LogP contribution < -0.4 is 5.73 Å². The quantitative estimate of drug-likeness (QED) is 0.866. The number of nitrogen functional groups attached to an aromatic ring is 1. The summed E-state index contributed by atoms with van der Waals surface area (Å²) in [6.45, 7) is 3.95. The predicted molar refractivity (Wildman–Crippen MR) is 61.4 cm³/mol. The number of hydrogen-bond acceptors (Lipinski definition) is 4. The zero-order valence-corrected chi connectivity index (χ0v) is 10.2. The third kappa shape index (κ3) is 1.46. The fraction of sp³-hybridized carbons (Fsp3) is 0.222. The SMILES string of the molecule is Cc1cc(-c2noc(N)c2C)sc1Br. The number of nitrogens with two attached hydrogens (primary N) is 1. The molecule has 2 rings (SSSR count). The van der Waals surface area contributed by atoms with E-state index >= 15 is 0 Å². The Kier molecular flexibility index (Phi) is 2.36. The molecular formula is C9H9BrN2OS. The molecule has 0 saturated carbocycles. The van der Waals surface area contributed by atoms with Crippen molar-refractivity contribution in [3.63, 3.8) is 0 Å². The largest absolute Gasteiger partial charge is 0.367 e. The van der Waals surface area contributed by atoms with Crippen LogP contribution in [0.1, 0.15) is 11.1 Å². The average molecular weight is 273 g/mol. The van der Waals surface area contributed by atoms with Crippen molar-refractivity contribution >= 4 is 33.2 Å². The van der Waals surface area contributed by atoms with Crippen LogP contribution >= 0.6 is 27.3 Å². The number of aryl methyl sites for hydroxylation is 1. The van der Waals surface area contributed by atoms with Gasteiger partial charge >= 0.3 is 0 Å². The Bertz CT molecular complexity index is 456. The third-order valence-corrected chi connectivity index (χ3v) is 4.19. The van der Waals surface area contributed by atoms with Crippen LogP contribution in [0.15, 0.2) is 14.4 Å². The van der Waals surface area contributed by atoms with Gasteiger partial charge in [0.25, 0.3) is 0 Å². The minimum absolute atomic E-state index is 0.391. The summed E-state index contributed by atoms with van der Waals surface area (Å²) in [4.78, 5) is 1.08. The zero-order valence-electron chi connectivity index (χ0n) is 7.80. The Morgan fingerprint density at radius 3 is 2.64 bits per heavy atom. The summed E-state index contributed by atoms with van der Waals surface area (Å²) in [5.74, 6) is 0.391. The highest BCUT2D eigenvalue weighted by molar-refractivity contribution is 9.11. The van der Waals surface area contributed by atoms with Crippen molar-refractivity contribution in [1.82, 2.24) is 5.16 Å². The smallest absolute Gasteiger partial charge is 0.225 e. The van der Waals surface area contributed by atoms with E-state index in [0.29, 0.717) is 5.88 Å². The summed E-state index contributed by atoms with van der Waals surface area (Å²) in [6, 6.07) is 2.07. The average Bonchev–Trinajstić information content (AvgIpc) is 2.61. The van der Waals surface area contributed by atoms with E-state index in [1.165, 1.54) is 5.56 Å². The van der Waals surface area contributed by atoms with Crippen LogP contribution in [0.2, 0.25) is 0 Å². The first-order valence-corrected chi connectivity index (χ1v) is 5.68. The first kappa shape index (κ1) is 9.73. The molecule has 2 aromatic rings. The number of halogens is 1. The first-order chi connectivity index (χ1) is 6.59. The van der Waals surface area contributed by atoms with Crippen molar-refractivity contribution in [2.45, 2.75) is 13.8 Å². The standard InChI is InChI=1S/C9H9BrN2OS/c1-4-3-6(14-8(4)10)7-5(2)9(11)13-12-7/h3H,11H2,1-2H3. The molecule has 0 amide bonds. The molecule has 0 fully saturated rings. The molecule has 3 nitrogen and oxygen atoms in total. The van der Waals surface area contributed by atoms with Gasteiger partial charge in [-0.15, -0.1) is 11.3 Å². The van der Waals surface area contributed by atoms with Crippen molar-refractivity contribution in [1.29, 1.82) is 0 Å². The van der Waals surface area contributed by atoms with Crippen LogP contribution in [0.4, 0.5) is 5.88 Å². The van der Waals surface area contributed by atoms with Gasteiger partial charge < -0.3 is 10.3 Å². The van der Waals surface area contributed by atoms with Crippen LogP contribution in [0.25, 0.3) is 10.6 Å². The van der Waals surface area contributed by atoms with Gasteiger partial charge in [-0.3, -0.25) is 0 Å². The van der Waals surface area contributed by atoms with Gasteiger partial charge in [0, 0.05) is 5.56 Å². The molecule has 0 aliphatic heterocycles. The van der Waals surface area contributed by atoms with E-state index < -0.39 is 0 Å². The lowest BCUT2D eigenvalue weighted by molar-refractivity contribution is 0.439. The zero-order chi connectivity index (χ0) is 10.3. The molecule has 2 heterocycles. The lowest BCUT2D eigenvalue weighted by Crippen LogP contribution is -1.83. The summed E-state index contributed by atoms with van der Waals surface area (Å²) in [6.07, 6.45) is 0. The summed E-state index contributed by atoms with van der Waals surface area (Å²) >= 11 is 5.11. The fourth-order valence-electron chi connectivity index (χ4n) is 1.15. The Balaban J connectivity index is 2.54. The maximum Gasteiger partial charge on any atom is 0.225 e. The molecule has 0 aliphatic rings. The van der Waals surface area contributed by atoms with Crippen LogP contribution in [0, 0.1) is 13.8 Å². The molecule has 5 heteroatoms. The lowest BCUT2D eigenvalue weighted by Gasteiger charge is -1.89. The van der Waals surface area contributed by atoms with Crippen LogP contribution in [0.3, 0.4) is 0 Å². The van der Waals surface area contributed by atoms with E-state index in [-0.39, 0.29) is 0 Å². The molecule has 0 unspecified atom stereocenters. The second-order valence-electron chi connectivity index (χ2n) is 3.09. The number of nitrogens with zero attached hydrogens (tertiary/aromatic N) is 1. The van der Waals surface area contributed by atoms with Gasteiger partial charge in [-0.2, -0.15) is 0 Å². The minimum atomic E-state index is 0.391. The molecule has 0 spiro atoms. The van der Waals surface area contributed by atoms with Gasteiger partial charge in [0.05, 0.1) is 8.66 Å². The molecular weight excluding hydrogens is 264 g/mol. The molecule has 74 valence electrons. The van der Waals surface area contributed by atoms with Gasteiger partial charge in [-0.05, 0) is 41.4 Å². The maximum atomic E-state index is 5.59. The summed E-state index contributed by atoms with van der Waals surface area (Å²) in [5, 5.41) is 3.93. The Morgan fingerprint density at radius 1 is 1.50 bits per heavy atom. The van der Waals surface area contributed by atoms with E-state index in [0.717, 1.165) is 19.9 Å². The number of anilines is 1. The van der Waals surface area contributed by atoms with E-state index in [9.17, 15) is 0 Å². The minimum Gasteiger partial charge on any atom is -0.367 e. The molecule has 0 saturated heterocycles. The molecule has 0 radical (unpaired) electrons. The highest BCUT2D eigenvalue weighted by atomic mass is 79.9. The van der Waals surface area contributed by atoms with Crippen molar-refractivity contribution in [3.05, 3.63) is 21.0 Å². The van der Waals surface area contributed by atoms with Crippen molar-refractivity contribution < 1.29 is 4.52 Å². The normalized spacial score (nSPS) is 10.8. The predicted octanol–water partition coefficient (Wildman–Crippen LogP) is 3.36. The van der Waals surface area contributed by atoms with Crippen molar-refractivity contribution in [2.75, 3.05) is 5.73 Å². The molecule has 0 atom stereocenters. The van der Waals surface area contributed by atoms with E-state index in [1.54, 1.807) is 11.3 Å². The Labute approximate surface area is 94.0 Å².